The number of rotatable bonds is 22. The van der Waals surface area contributed by atoms with Crippen molar-refractivity contribution in [3.05, 3.63) is 97.4 Å². The molecule has 1 atom stereocenters. The van der Waals surface area contributed by atoms with Gasteiger partial charge in [0.15, 0.2) is 0 Å². The molecule has 2 aliphatic rings. The summed E-state index contributed by atoms with van der Waals surface area (Å²) >= 11 is 13.3. The highest BCUT2D eigenvalue weighted by molar-refractivity contribution is 7.90. The first-order valence-electron chi connectivity index (χ1n) is 23.5. The quantitative estimate of drug-likeness (QED) is 0.0486. The van der Waals surface area contributed by atoms with Crippen molar-refractivity contribution in [2.75, 3.05) is 57.2 Å². The fourth-order valence-electron chi connectivity index (χ4n) is 9.19. The number of hydrogen-bond acceptors (Lipinski definition) is 13. The zero-order valence-corrected chi connectivity index (χ0v) is 43.3. The van der Waals surface area contributed by atoms with Crippen molar-refractivity contribution in [2.45, 2.75) is 72.3 Å². The van der Waals surface area contributed by atoms with Crippen LogP contribution >= 0.6 is 23.2 Å². The second-order valence-electron chi connectivity index (χ2n) is 17.7. The van der Waals surface area contributed by atoms with Gasteiger partial charge in [0.2, 0.25) is 27.7 Å². The van der Waals surface area contributed by atoms with Crippen LogP contribution in [0.15, 0.2) is 42.5 Å². The van der Waals surface area contributed by atoms with Gasteiger partial charge >= 0.3 is 0 Å². The lowest BCUT2D eigenvalue weighted by molar-refractivity contribution is -0.131. The molecule has 72 heavy (non-hydrogen) atoms. The lowest BCUT2D eigenvalue weighted by atomic mass is 9.98. The van der Waals surface area contributed by atoms with E-state index in [1.807, 2.05) is 52.9 Å². The molecule has 19 nitrogen and oxygen atoms in total. The largest absolute Gasteiger partial charge is 0.494 e. The third-order valence-corrected chi connectivity index (χ3v) is 14.8. The number of carbonyl (C=O) groups is 6. The van der Waals surface area contributed by atoms with Gasteiger partial charge in [-0.1, -0.05) is 35.3 Å². The van der Waals surface area contributed by atoms with E-state index in [9.17, 15) is 37.2 Å². The van der Waals surface area contributed by atoms with Crippen molar-refractivity contribution in [1.29, 1.82) is 0 Å². The van der Waals surface area contributed by atoms with Gasteiger partial charge in [-0.3, -0.25) is 43.7 Å². The fraction of sp³-hybridized carbons (Fsp3) is 0.420. The molecule has 2 aliphatic heterocycles. The van der Waals surface area contributed by atoms with Gasteiger partial charge in [-0.15, -0.1) is 0 Å². The van der Waals surface area contributed by atoms with E-state index in [0.29, 0.717) is 64.0 Å². The standard InChI is InChI=1S/C50H58Cl2N8O11S/c1-28-26-32(27-29(2)44(28)52)71-20-9-11-33-34-15-16-36(51)43(41-30(3)56-59(6)31(41)4)45(34)58(5)46(33)48(64)57-72(67,68)25-19-54-39(61)17-21-69-23-24-70-22-18-53-37-12-7-10-35-42(37)50(66)60(49(35)65)38-13-8-14-40(62)55-47(38)63/h7,10,12,15-16,26-27,38,53H,8-9,11,13-14,17-25H2,1-6H3,(H,54,61)(H,57,64)(H,55,62,63). The average molecular weight is 1050 g/mol. The van der Waals surface area contributed by atoms with Crippen LogP contribution in [0.1, 0.15) is 91.4 Å². The maximum atomic E-state index is 14.1. The van der Waals surface area contributed by atoms with Gasteiger partial charge in [0.05, 0.1) is 66.1 Å². The molecule has 3 aromatic carbocycles. The summed E-state index contributed by atoms with van der Waals surface area (Å²) in [5.41, 5.74) is 6.95. The fourth-order valence-corrected chi connectivity index (χ4v) is 10.4. The lowest BCUT2D eigenvalue weighted by Crippen LogP contribution is -2.49. The predicted molar refractivity (Wildman–Crippen MR) is 271 cm³/mol. The Morgan fingerprint density at radius 3 is 2.31 bits per heavy atom. The zero-order valence-electron chi connectivity index (χ0n) is 41.0. The molecule has 4 heterocycles. The number of anilines is 1. The van der Waals surface area contributed by atoms with E-state index in [-0.39, 0.29) is 75.6 Å². The summed E-state index contributed by atoms with van der Waals surface area (Å²) in [4.78, 5) is 78.7. The number of amides is 6. The van der Waals surface area contributed by atoms with Crippen molar-refractivity contribution < 1.29 is 51.4 Å². The topological polar surface area (TPSA) is 238 Å². The summed E-state index contributed by atoms with van der Waals surface area (Å²) in [7, 11) is -0.709. The van der Waals surface area contributed by atoms with Crippen molar-refractivity contribution in [2.24, 2.45) is 14.1 Å². The van der Waals surface area contributed by atoms with Crippen molar-refractivity contribution >= 4 is 85.3 Å². The molecular weight excluding hydrogens is 992 g/mol. The highest BCUT2D eigenvalue weighted by Gasteiger charge is 2.45. The Labute approximate surface area is 427 Å². The molecule has 0 radical (unpaired) electrons. The van der Waals surface area contributed by atoms with Crippen LogP contribution in [0.5, 0.6) is 5.75 Å². The molecule has 22 heteroatoms. The molecule has 5 aromatic rings. The molecule has 0 saturated carbocycles. The molecule has 0 bridgehead atoms. The number of benzene rings is 3. The van der Waals surface area contributed by atoms with Crippen molar-refractivity contribution in [3.63, 3.8) is 0 Å². The molecule has 2 aromatic heterocycles. The second kappa shape index (κ2) is 23.0. The zero-order chi connectivity index (χ0) is 52.0. The number of imide groups is 2. The minimum atomic E-state index is -4.24. The predicted octanol–water partition coefficient (Wildman–Crippen LogP) is 5.63. The molecule has 0 aliphatic carbocycles. The van der Waals surface area contributed by atoms with Gasteiger partial charge in [-0.05, 0) is 100 Å². The number of halogens is 2. The minimum absolute atomic E-state index is 0.0326. The molecule has 1 fully saturated rings. The Morgan fingerprint density at radius 1 is 0.875 bits per heavy atom. The molecular formula is C50H58Cl2N8O11S. The summed E-state index contributed by atoms with van der Waals surface area (Å²) in [6.45, 7) is 8.50. The van der Waals surface area contributed by atoms with E-state index in [2.05, 4.69) is 25.8 Å². The summed E-state index contributed by atoms with van der Waals surface area (Å²) in [6.07, 6.45) is 1.46. The number of nitrogens with zero attached hydrogens (tertiary/aromatic N) is 4. The van der Waals surface area contributed by atoms with E-state index in [4.69, 9.17) is 37.4 Å². The van der Waals surface area contributed by atoms with Crippen LogP contribution in [0.25, 0.3) is 22.0 Å². The number of aromatic nitrogens is 3. The third-order valence-electron chi connectivity index (χ3n) is 12.7. The first kappa shape index (κ1) is 53.5. The highest BCUT2D eigenvalue weighted by Crippen LogP contribution is 2.42. The Bertz CT molecular complexity index is 3060. The molecule has 4 N–H and O–H groups in total. The molecule has 1 unspecified atom stereocenters. The van der Waals surface area contributed by atoms with Crippen molar-refractivity contribution in [1.82, 2.24) is 34.6 Å². The first-order chi connectivity index (χ1) is 34.3. The number of nitrogens with one attached hydrogen (secondary N) is 4. The molecule has 384 valence electrons. The van der Waals surface area contributed by atoms with Crippen LogP contribution in [0, 0.1) is 27.7 Å². The van der Waals surface area contributed by atoms with Crippen LogP contribution in [-0.2, 0) is 54.4 Å². The van der Waals surface area contributed by atoms with Gasteiger partial charge in [-0.2, -0.15) is 5.10 Å². The van der Waals surface area contributed by atoms with Gasteiger partial charge in [-0.25, -0.2) is 13.1 Å². The maximum absolute atomic E-state index is 14.1. The summed E-state index contributed by atoms with van der Waals surface area (Å²) in [5, 5.41) is 14.3. The summed E-state index contributed by atoms with van der Waals surface area (Å²) in [5.74, 6) is -3.54. The van der Waals surface area contributed by atoms with E-state index >= 15 is 0 Å². The van der Waals surface area contributed by atoms with E-state index in [0.717, 1.165) is 38.4 Å². The number of aryl methyl sites for hydroxylation is 6. The third kappa shape index (κ3) is 11.8. The van der Waals surface area contributed by atoms with Crippen LogP contribution < -0.4 is 25.4 Å². The van der Waals surface area contributed by atoms with Crippen LogP contribution in [-0.4, -0.2) is 121 Å². The van der Waals surface area contributed by atoms with E-state index in [1.54, 1.807) is 34.5 Å². The second-order valence-corrected chi connectivity index (χ2v) is 20.4. The Balaban J connectivity index is 0.875. The van der Waals surface area contributed by atoms with Gasteiger partial charge in [0.1, 0.15) is 17.5 Å². The van der Waals surface area contributed by atoms with Gasteiger partial charge in [0, 0.05) is 72.9 Å². The summed E-state index contributed by atoms with van der Waals surface area (Å²) < 4.78 is 49.6. The van der Waals surface area contributed by atoms with Crippen molar-refractivity contribution in [3.8, 4) is 16.9 Å². The molecule has 0 spiro atoms. The lowest BCUT2D eigenvalue weighted by Gasteiger charge is -2.23. The Kier molecular flexibility index (Phi) is 17.1. The number of fused-ring (bicyclic) bond motifs is 2. The smallest absolute Gasteiger partial charge is 0.281 e. The van der Waals surface area contributed by atoms with Crippen LogP contribution in [0.3, 0.4) is 0 Å². The van der Waals surface area contributed by atoms with E-state index < -0.39 is 57.3 Å². The summed E-state index contributed by atoms with van der Waals surface area (Å²) in [6, 6.07) is 11.0. The highest BCUT2D eigenvalue weighted by atomic mass is 35.5. The molecule has 6 amide bonds. The Hall–Kier alpha value is -6.32. The number of carbonyl (C=O) groups excluding carboxylic acids is 6. The van der Waals surface area contributed by atoms with E-state index in [1.165, 1.54) is 6.07 Å². The average Bonchev–Trinajstić information content (AvgIpc) is 3.80. The Morgan fingerprint density at radius 2 is 1.60 bits per heavy atom. The van der Waals surface area contributed by atoms with Gasteiger partial charge in [0.25, 0.3) is 17.7 Å². The monoisotopic (exact) mass is 1050 g/mol. The number of ether oxygens (including phenoxy) is 3. The SMILES string of the molecule is Cc1cc(OCCCc2c(C(=O)NS(=O)(=O)CCNC(=O)CCOCCOCCNc3cccc4c3C(=O)N(C3CCCC(=O)NC3=O)C4=O)n(C)c3c(-c4c(C)nn(C)c4C)c(Cl)ccc23)cc(C)c1Cl. The molecule has 7 rings (SSSR count). The number of hydrogen-bond donors (Lipinski definition) is 4. The van der Waals surface area contributed by atoms with Gasteiger partial charge < -0.3 is 29.4 Å². The van der Waals surface area contributed by atoms with Crippen LogP contribution in [0.2, 0.25) is 10.0 Å². The normalized spacial score (nSPS) is 14.9. The number of sulfonamides is 1. The molecule has 1 saturated heterocycles. The minimum Gasteiger partial charge on any atom is -0.494 e. The first-order valence-corrected chi connectivity index (χ1v) is 26.0. The maximum Gasteiger partial charge on any atom is 0.281 e. The van der Waals surface area contributed by atoms with Crippen LogP contribution in [0.4, 0.5) is 5.69 Å².